The number of aromatic nitrogens is 3. The summed E-state index contributed by atoms with van der Waals surface area (Å²) in [6.07, 6.45) is 0. The van der Waals surface area contributed by atoms with Crippen molar-refractivity contribution in [3.8, 4) is 5.13 Å². The van der Waals surface area contributed by atoms with Gasteiger partial charge in [0.05, 0.1) is 20.8 Å². The predicted octanol–water partition coefficient (Wildman–Crippen LogP) is 4.09. The highest BCUT2D eigenvalue weighted by molar-refractivity contribution is 7.20. The number of aryl methyl sites for hydroxylation is 1. The van der Waals surface area contributed by atoms with E-state index in [1.807, 2.05) is 0 Å². The van der Waals surface area contributed by atoms with Crippen molar-refractivity contribution in [1.82, 2.24) is 14.8 Å². The third-order valence-corrected chi connectivity index (χ3v) is 4.93. The van der Waals surface area contributed by atoms with Gasteiger partial charge in [0.1, 0.15) is 17.2 Å². The van der Waals surface area contributed by atoms with Crippen LogP contribution in [0.25, 0.3) is 15.3 Å². The number of nitro benzene ring substituents is 1. The number of hydrogen-bond acceptors (Lipinski definition) is 6. The van der Waals surface area contributed by atoms with Crippen molar-refractivity contribution in [2.45, 2.75) is 6.92 Å². The van der Waals surface area contributed by atoms with Crippen molar-refractivity contribution in [3.63, 3.8) is 0 Å². The quantitative estimate of drug-likeness (QED) is 0.413. The molecule has 0 radical (unpaired) electrons. The molecule has 8 nitrogen and oxygen atoms in total. The maximum Gasteiger partial charge on any atom is 0.282 e. The van der Waals surface area contributed by atoms with Crippen LogP contribution >= 0.6 is 11.3 Å². The second kappa shape index (κ2) is 6.82. The molecule has 2 aromatic heterocycles. The number of nitrogens with one attached hydrogen (secondary N) is 1. The first kappa shape index (κ1) is 17.7. The number of nitro groups is 1. The highest BCUT2D eigenvalue weighted by Crippen LogP contribution is 2.28. The lowest BCUT2D eigenvalue weighted by Gasteiger charge is -2.07. The Morgan fingerprint density at radius 1 is 1.25 bits per heavy atom. The number of fused-ring (bicyclic) bond motifs is 1. The number of hydrogen-bond donors (Lipinski definition) is 1. The SMILES string of the molecule is Cc1cc(NC(=O)c2ccccc2[N+](=O)[O-])n(-c2nc3ccc(F)cc3s2)n1. The minimum atomic E-state index is -0.638. The largest absolute Gasteiger partial charge is 0.306 e. The van der Waals surface area contributed by atoms with E-state index < -0.39 is 10.8 Å². The fourth-order valence-corrected chi connectivity index (χ4v) is 3.68. The van der Waals surface area contributed by atoms with Gasteiger partial charge < -0.3 is 5.32 Å². The standard InChI is InChI=1S/C18H12FN5O3S/c1-10-8-16(21-17(25)12-4-2-3-5-14(12)24(26)27)23(22-10)18-20-13-7-6-11(19)9-15(13)28-18/h2-9H,1H3,(H,21,25). The number of carbonyl (C=O) groups excluding carboxylic acids is 1. The van der Waals surface area contributed by atoms with E-state index in [9.17, 15) is 19.3 Å². The molecule has 0 aliphatic rings. The molecule has 0 aliphatic carbocycles. The Bertz CT molecular complexity index is 1230. The normalized spacial score (nSPS) is 10.9. The molecule has 0 saturated heterocycles. The van der Waals surface area contributed by atoms with Crippen LogP contribution < -0.4 is 5.32 Å². The molecule has 1 amide bonds. The fraction of sp³-hybridized carbons (Fsp3) is 0.0556. The number of rotatable bonds is 4. The second-order valence-corrected chi connectivity index (χ2v) is 6.93. The topological polar surface area (TPSA) is 103 Å². The van der Waals surface area contributed by atoms with Crippen LogP contribution in [0.4, 0.5) is 15.9 Å². The Morgan fingerprint density at radius 2 is 2.04 bits per heavy atom. The van der Waals surface area contributed by atoms with Crippen LogP contribution in [0.15, 0.2) is 48.5 Å². The van der Waals surface area contributed by atoms with Crippen LogP contribution in [-0.4, -0.2) is 25.6 Å². The predicted molar refractivity (Wildman–Crippen MR) is 102 cm³/mol. The zero-order valence-corrected chi connectivity index (χ0v) is 15.2. The summed E-state index contributed by atoms with van der Waals surface area (Å²) in [6.45, 7) is 1.74. The summed E-state index contributed by atoms with van der Waals surface area (Å²) in [5.74, 6) is -0.704. The highest BCUT2D eigenvalue weighted by atomic mass is 32.1. The van der Waals surface area contributed by atoms with E-state index in [1.165, 1.54) is 46.4 Å². The van der Waals surface area contributed by atoms with Gasteiger partial charge in [-0.15, -0.1) is 0 Å². The van der Waals surface area contributed by atoms with E-state index in [0.717, 1.165) is 0 Å². The van der Waals surface area contributed by atoms with E-state index >= 15 is 0 Å². The van der Waals surface area contributed by atoms with Gasteiger partial charge in [0, 0.05) is 12.1 Å². The average molecular weight is 397 g/mol. The van der Waals surface area contributed by atoms with Gasteiger partial charge in [0.25, 0.3) is 11.6 Å². The molecule has 2 heterocycles. The van der Waals surface area contributed by atoms with E-state index in [-0.39, 0.29) is 17.1 Å². The van der Waals surface area contributed by atoms with Crippen LogP contribution in [0, 0.1) is 22.9 Å². The molecule has 1 N–H and O–H groups in total. The van der Waals surface area contributed by atoms with Crippen LogP contribution in [0.2, 0.25) is 0 Å². The zero-order chi connectivity index (χ0) is 19.8. The van der Waals surface area contributed by atoms with Crippen molar-refractivity contribution < 1.29 is 14.1 Å². The van der Waals surface area contributed by atoms with E-state index in [4.69, 9.17) is 0 Å². The van der Waals surface area contributed by atoms with Gasteiger partial charge in [-0.25, -0.2) is 9.37 Å². The summed E-state index contributed by atoms with van der Waals surface area (Å²) >= 11 is 1.21. The van der Waals surface area contributed by atoms with Crippen LogP contribution in [0.3, 0.4) is 0 Å². The Hall–Kier alpha value is -3.66. The average Bonchev–Trinajstić information content (AvgIpc) is 3.24. The number of amides is 1. The summed E-state index contributed by atoms with van der Waals surface area (Å²) < 4.78 is 15.5. The Labute approximate surface area is 161 Å². The second-order valence-electron chi connectivity index (χ2n) is 5.92. The summed E-state index contributed by atoms with van der Waals surface area (Å²) in [7, 11) is 0. The lowest BCUT2D eigenvalue weighted by atomic mass is 10.1. The van der Waals surface area contributed by atoms with Gasteiger partial charge in [0.2, 0.25) is 5.13 Å². The van der Waals surface area contributed by atoms with Crippen molar-refractivity contribution in [3.05, 3.63) is 75.7 Å². The molecule has 10 heteroatoms. The summed E-state index contributed by atoms with van der Waals surface area (Å²) in [5.41, 5.74) is 0.858. The summed E-state index contributed by atoms with van der Waals surface area (Å²) in [4.78, 5) is 27.6. The van der Waals surface area contributed by atoms with Crippen LogP contribution in [0.1, 0.15) is 16.1 Å². The lowest BCUT2D eigenvalue weighted by molar-refractivity contribution is -0.385. The van der Waals surface area contributed by atoms with Gasteiger partial charge in [-0.2, -0.15) is 9.78 Å². The first-order valence-electron chi connectivity index (χ1n) is 8.10. The van der Waals surface area contributed by atoms with E-state index in [2.05, 4.69) is 15.4 Å². The minimum absolute atomic E-state index is 0.0655. The Balaban J connectivity index is 1.72. The molecule has 0 aliphatic heterocycles. The van der Waals surface area contributed by atoms with Crippen molar-refractivity contribution in [2.24, 2.45) is 0 Å². The van der Waals surface area contributed by atoms with Gasteiger partial charge >= 0.3 is 0 Å². The van der Waals surface area contributed by atoms with Crippen molar-refractivity contribution >= 4 is 39.0 Å². The van der Waals surface area contributed by atoms with Crippen molar-refractivity contribution in [2.75, 3.05) is 5.32 Å². The molecule has 140 valence electrons. The smallest absolute Gasteiger partial charge is 0.282 e. The molecule has 4 aromatic rings. The maximum absolute atomic E-state index is 13.4. The maximum atomic E-state index is 13.4. The molecule has 0 unspecified atom stereocenters. The minimum Gasteiger partial charge on any atom is -0.306 e. The summed E-state index contributed by atoms with van der Waals surface area (Å²) in [6, 6.07) is 11.6. The van der Waals surface area contributed by atoms with Crippen LogP contribution in [0.5, 0.6) is 0 Å². The lowest BCUT2D eigenvalue weighted by Crippen LogP contribution is -2.16. The molecule has 0 bridgehead atoms. The molecule has 28 heavy (non-hydrogen) atoms. The number of halogens is 1. The van der Waals surface area contributed by atoms with Crippen LogP contribution in [-0.2, 0) is 0 Å². The Morgan fingerprint density at radius 3 is 2.82 bits per heavy atom. The summed E-state index contributed by atoms with van der Waals surface area (Å²) in [5, 5.41) is 18.6. The molecule has 0 spiro atoms. The molecule has 0 saturated carbocycles. The third-order valence-electron chi connectivity index (χ3n) is 3.94. The number of nitrogens with zero attached hydrogens (tertiary/aromatic N) is 4. The molecule has 2 aromatic carbocycles. The number of carbonyl (C=O) groups is 1. The van der Waals surface area contributed by atoms with E-state index in [1.54, 1.807) is 25.1 Å². The monoisotopic (exact) mass is 397 g/mol. The third kappa shape index (κ3) is 3.21. The van der Waals surface area contributed by atoms with Gasteiger partial charge in [-0.3, -0.25) is 14.9 Å². The number of thiazole rings is 1. The number of benzene rings is 2. The molecule has 4 rings (SSSR count). The van der Waals surface area contributed by atoms with Gasteiger partial charge in [0.15, 0.2) is 0 Å². The van der Waals surface area contributed by atoms with E-state index in [0.29, 0.717) is 26.9 Å². The highest BCUT2D eigenvalue weighted by Gasteiger charge is 2.21. The molecule has 0 atom stereocenters. The zero-order valence-electron chi connectivity index (χ0n) is 14.4. The van der Waals surface area contributed by atoms with Gasteiger partial charge in [-0.05, 0) is 31.2 Å². The first-order chi connectivity index (χ1) is 13.4. The number of para-hydroxylation sites is 1. The number of anilines is 1. The van der Waals surface area contributed by atoms with Crippen molar-refractivity contribution in [1.29, 1.82) is 0 Å². The fourth-order valence-electron chi connectivity index (χ4n) is 2.72. The first-order valence-corrected chi connectivity index (χ1v) is 8.92. The molecular weight excluding hydrogens is 385 g/mol. The molecule has 0 fully saturated rings. The Kier molecular flexibility index (Phi) is 4.32. The molecular formula is C18H12FN5O3S. The van der Waals surface area contributed by atoms with Gasteiger partial charge in [-0.1, -0.05) is 23.5 Å².